The van der Waals surface area contributed by atoms with Gasteiger partial charge in [-0.25, -0.2) is 9.97 Å². The number of aromatic nitrogens is 2. The summed E-state index contributed by atoms with van der Waals surface area (Å²) in [6.45, 7) is 3.94. The van der Waals surface area contributed by atoms with Gasteiger partial charge in [-0.1, -0.05) is 23.7 Å². The van der Waals surface area contributed by atoms with Crippen molar-refractivity contribution in [3.63, 3.8) is 0 Å². The van der Waals surface area contributed by atoms with Crippen LogP contribution in [0.5, 0.6) is 0 Å². The van der Waals surface area contributed by atoms with Crippen molar-refractivity contribution in [1.82, 2.24) is 9.97 Å². The molecule has 0 amide bonds. The largest absolute Gasteiger partial charge is 0.363 e. The van der Waals surface area contributed by atoms with E-state index in [4.69, 9.17) is 11.6 Å². The maximum Gasteiger partial charge on any atom is 0.130 e. The molecule has 0 aliphatic rings. The maximum atomic E-state index is 5.96. The Hall–Kier alpha value is -1.61. The highest BCUT2D eigenvalue weighted by atomic mass is 35.5. The van der Waals surface area contributed by atoms with Gasteiger partial charge in [0, 0.05) is 17.3 Å². The molecule has 3 nitrogen and oxygen atoms in total. The van der Waals surface area contributed by atoms with Crippen LogP contribution in [-0.2, 0) is 0 Å². The average Bonchev–Trinajstić information content (AvgIpc) is 2.29. The number of halogens is 1. The second-order valence-corrected chi connectivity index (χ2v) is 4.35. The number of benzene rings is 1. The van der Waals surface area contributed by atoms with Gasteiger partial charge >= 0.3 is 0 Å². The Morgan fingerprint density at radius 2 is 2.12 bits per heavy atom. The lowest BCUT2D eigenvalue weighted by atomic mass is 10.1. The van der Waals surface area contributed by atoms with Crippen molar-refractivity contribution in [3.05, 3.63) is 52.9 Å². The highest BCUT2D eigenvalue weighted by Gasteiger charge is 2.06. The van der Waals surface area contributed by atoms with E-state index in [9.17, 15) is 0 Å². The van der Waals surface area contributed by atoms with E-state index >= 15 is 0 Å². The Balaban J connectivity index is 2.14. The molecule has 17 heavy (non-hydrogen) atoms. The Bertz CT molecular complexity index is 514. The number of hydrogen-bond donors (Lipinski definition) is 1. The van der Waals surface area contributed by atoms with E-state index in [1.54, 1.807) is 6.20 Å². The standard InChI is InChI=1S/C13H14ClN3/c1-9(11-4-3-5-12(14)8-11)16-13-6-7-15-10(2)17-13/h3-9H,1-2H3,(H,15,16,17). The molecule has 1 unspecified atom stereocenters. The molecule has 0 spiro atoms. The van der Waals surface area contributed by atoms with Crippen molar-refractivity contribution in [2.24, 2.45) is 0 Å². The molecule has 0 saturated carbocycles. The fraction of sp³-hybridized carbons (Fsp3) is 0.231. The first-order chi connectivity index (χ1) is 8.15. The molecule has 2 aromatic rings. The molecule has 1 atom stereocenters. The van der Waals surface area contributed by atoms with Gasteiger partial charge in [0.25, 0.3) is 0 Å². The molecule has 1 aromatic carbocycles. The summed E-state index contributed by atoms with van der Waals surface area (Å²) in [5.74, 6) is 1.58. The fourth-order valence-electron chi connectivity index (χ4n) is 1.62. The predicted octanol–water partition coefficient (Wildman–Crippen LogP) is 3.61. The Kier molecular flexibility index (Phi) is 3.59. The molecule has 0 aliphatic carbocycles. The zero-order chi connectivity index (χ0) is 12.3. The number of anilines is 1. The van der Waals surface area contributed by atoms with E-state index in [0.717, 1.165) is 22.2 Å². The first kappa shape index (κ1) is 11.9. The molecule has 2 rings (SSSR count). The quantitative estimate of drug-likeness (QED) is 0.900. The third-order valence-electron chi connectivity index (χ3n) is 2.49. The lowest BCUT2D eigenvalue weighted by molar-refractivity contribution is 0.867. The van der Waals surface area contributed by atoms with Crippen LogP contribution in [0.3, 0.4) is 0 Å². The summed E-state index contributed by atoms with van der Waals surface area (Å²) in [5, 5.41) is 4.06. The van der Waals surface area contributed by atoms with E-state index in [1.165, 1.54) is 0 Å². The van der Waals surface area contributed by atoms with Gasteiger partial charge < -0.3 is 5.32 Å². The van der Waals surface area contributed by atoms with Crippen LogP contribution in [0.2, 0.25) is 5.02 Å². The second kappa shape index (κ2) is 5.15. The monoisotopic (exact) mass is 247 g/mol. The number of rotatable bonds is 3. The van der Waals surface area contributed by atoms with Crippen LogP contribution in [0.4, 0.5) is 5.82 Å². The van der Waals surface area contributed by atoms with Crippen LogP contribution >= 0.6 is 11.6 Å². The molecular weight excluding hydrogens is 234 g/mol. The van der Waals surface area contributed by atoms with Gasteiger partial charge in [0.05, 0.1) is 0 Å². The molecule has 0 bridgehead atoms. The lowest BCUT2D eigenvalue weighted by Gasteiger charge is -2.15. The van der Waals surface area contributed by atoms with Gasteiger partial charge in [0.15, 0.2) is 0 Å². The Morgan fingerprint density at radius 3 is 2.82 bits per heavy atom. The maximum absolute atomic E-state index is 5.96. The fourth-order valence-corrected chi connectivity index (χ4v) is 1.82. The van der Waals surface area contributed by atoms with Gasteiger partial charge in [-0.2, -0.15) is 0 Å². The zero-order valence-electron chi connectivity index (χ0n) is 9.81. The highest BCUT2D eigenvalue weighted by molar-refractivity contribution is 6.30. The highest BCUT2D eigenvalue weighted by Crippen LogP contribution is 2.20. The number of hydrogen-bond acceptors (Lipinski definition) is 3. The molecule has 0 saturated heterocycles. The Morgan fingerprint density at radius 1 is 1.29 bits per heavy atom. The molecule has 1 N–H and O–H groups in total. The van der Waals surface area contributed by atoms with Gasteiger partial charge in [-0.15, -0.1) is 0 Å². The summed E-state index contributed by atoms with van der Waals surface area (Å²) in [6.07, 6.45) is 1.75. The molecule has 0 radical (unpaired) electrons. The lowest BCUT2D eigenvalue weighted by Crippen LogP contribution is -2.08. The zero-order valence-corrected chi connectivity index (χ0v) is 10.6. The van der Waals surface area contributed by atoms with Gasteiger partial charge in [-0.05, 0) is 37.6 Å². The minimum atomic E-state index is 0.156. The van der Waals surface area contributed by atoms with E-state index < -0.39 is 0 Å². The molecule has 0 aliphatic heterocycles. The third-order valence-corrected chi connectivity index (χ3v) is 2.72. The van der Waals surface area contributed by atoms with Crippen molar-refractivity contribution >= 4 is 17.4 Å². The minimum Gasteiger partial charge on any atom is -0.363 e. The summed E-state index contributed by atoms with van der Waals surface area (Å²) in [7, 11) is 0. The van der Waals surface area contributed by atoms with Crippen molar-refractivity contribution in [2.75, 3.05) is 5.32 Å². The smallest absolute Gasteiger partial charge is 0.130 e. The normalized spacial score (nSPS) is 12.2. The molecule has 4 heteroatoms. The number of aryl methyl sites for hydroxylation is 1. The molecule has 1 heterocycles. The van der Waals surface area contributed by atoms with Gasteiger partial charge in [0.1, 0.15) is 11.6 Å². The van der Waals surface area contributed by atoms with Crippen LogP contribution in [0.1, 0.15) is 24.4 Å². The third kappa shape index (κ3) is 3.17. The molecular formula is C13H14ClN3. The van der Waals surface area contributed by atoms with Gasteiger partial charge in [-0.3, -0.25) is 0 Å². The van der Waals surface area contributed by atoms with Crippen LogP contribution < -0.4 is 5.32 Å². The first-order valence-corrected chi connectivity index (χ1v) is 5.84. The van der Waals surface area contributed by atoms with Crippen LogP contribution in [-0.4, -0.2) is 9.97 Å². The van der Waals surface area contributed by atoms with E-state index in [1.807, 2.05) is 37.3 Å². The van der Waals surface area contributed by atoms with Crippen molar-refractivity contribution in [1.29, 1.82) is 0 Å². The summed E-state index contributed by atoms with van der Waals surface area (Å²) in [6, 6.07) is 9.81. The second-order valence-electron chi connectivity index (χ2n) is 3.91. The van der Waals surface area contributed by atoms with E-state index in [2.05, 4.69) is 22.2 Å². The van der Waals surface area contributed by atoms with Crippen LogP contribution in [0.25, 0.3) is 0 Å². The van der Waals surface area contributed by atoms with Crippen LogP contribution in [0, 0.1) is 6.92 Å². The predicted molar refractivity (Wildman–Crippen MR) is 70.3 cm³/mol. The minimum absolute atomic E-state index is 0.156. The SMILES string of the molecule is Cc1nccc(NC(C)c2cccc(Cl)c2)n1. The number of nitrogens with one attached hydrogen (secondary N) is 1. The van der Waals surface area contributed by atoms with Crippen molar-refractivity contribution in [3.8, 4) is 0 Å². The van der Waals surface area contributed by atoms with E-state index in [0.29, 0.717) is 0 Å². The van der Waals surface area contributed by atoms with Crippen molar-refractivity contribution in [2.45, 2.75) is 19.9 Å². The van der Waals surface area contributed by atoms with Crippen molar-refractivity contribution < 1.29 is 0 Å². The molecule has 0 fully saturated rings. The molecule has 88 valence electrons. The molecule has 1 aromatic heterocycles. The average molecular weight is 248 g/mol. The first-order valence-electron chi connectivity index (χ1n) is 5.47. The number of nitrogens with zero attached hydrogens (tertiary/aromatic N) is 2. The summed E-state index contributed by atoms with van der Waals surface area (Å²) in [4.78, 5) is 8.37. The van der Waals surface area contributed by atoms with E-state index in [-0.39, 0.29) is 6.04 Å². The summed E-state index contributed by atoms with van der Waals surface area (Å²) >= 11 is 5.96. The summed E-state index contributed by atoms with van der Waals surface area (Å²) < 4.78 is 0. The topological polar surface area (TPSA) is 37.8 Å². The summed E-state index contributed by atoms with van der Waals surface area (Å²) in [5.41, 5.74) is 1.13. The van der Waals surface area contributed by atoms with Crippen LogP contribution in [0.15, 0.2) is 36.5 Å². The Labute approximate surface area is 106 Å². The van der Waals surface area contributed by atoms with Gasteiger partial charge in [0.2, 0.25) is 0 Å².